The van der Waals surface area contributed by atoms with Crippen LogP contribution in [0.2, 0.25) is 0 Å². The van der Waals surface area contributed by atoms with E-state index < -0.39 is 0 Å². The van der Waals surface area contributed by atoms with Gasteiger partial charge in [-0.25, -0.2) is 0 Å². The smallest absolute Gasteiger partial charge is 0.124 e. The van der Waals surface area contributed by atoms with Gasteiger partial charge in [0.1, 0.15) is 5.84 Å². The average Bonchev–Trinajstić information content (AvgIpc) is 2.47. The first-order valence-corrected chi connectivity index (χ1v) is 4.88. The summed E-state index contributed by atoms with van der Waals surface area (Å²) in [7, 11) is 0. The minimum atomic E-state index is 0.388. The summed E-state index contributed by atoms with van der Waals surface area (Å²) in [6, 6.07) is 10.3. The maximum absolute atomic E-state index is 5.73. The van der Waals surface area contributed by atoms with Crippen molar-refractivity contribution in [2.75, 3.05) is 6.54 Å². The fourth-order valence-electron chi connectivity index (χ4n) is 1.61. The van der Waals surface area contributed by atoms with E-state index in [4.69, 9.17) is 5.73 Å². The molecule has 1 atom stereocenters. The van der Waals surface area contributed by atoms with Crippen LogP contribution >= 0.6 is 0 Å². The van der Waals surface area contributed by atoms with E-state index in [-0.39, 0.29) is 0 Å². The summed E-state index contributed by atoms with van der Waals surface area (Å²) in [6.45, 7) is 3.89. The molecule has 0 amide bonds. The van der Waals surface area contributed by atoms with Crippen LogP contribution < -0.4 is 5.73 Å². The van der Waals surface area contributed by atoms with Crippen molar-refractivity contribution in [2.24, 2.45) is 16.8 Å². The maximum atomic E-state index is 5.73. The average molecular weight is 189 g/mol. The Morgan fingerprint density at radius 3 is 2.71 bits per heavy atom. The van der Waals surface area contributed by atoms with Gasteiger partial charge in [-0.1, -0.05) is 37.3 Å². The van der Waals surface area contributed by atoms with Gasteiger partial charge in [0, 0.05) is 12.5 Å². The Kier molecular flexibility index (Phi) is 2.39. The molecule has 1 aliphatic heterocycles. The third-order valence-corrected chi connectivity index (χ3v) is 2.45. The number of nitrogens with zero attached hydrogens (tertiary/aromatic N) is 2. The number of benzene rings is 1. The molecule has 1 aromatic carbocycles. The second-order valence-corrected chi connectivity index (χ2v) is 3.76. The molecule has 0 saturated heterocycles. The van der Waals surface area contributed by atoms with Crippen molar-refractivity contribution in [3.8, 4) is 0 Å². The van der Waals surface area contributed by atoms with Crippen molar-refractivity contribution in [1.82, 2.24) is 5.01 Å². The maximum Gasteiger partial charge on any atom is 0.124 e. The summed E-state index contributed by atoms with van der Waals surface area (Å²) in [5.41, 5.74) is 7.01. The lowest BCUT2D eigenvalue weighted by molar-refractivity contribution is 0.292. The van der Waals surface area contributed by atoms with Crippen molar-refractivity contribution in [2.45, 2.75) is 13.5 Å². The van der Waals surface area contributed by atoms with E-state index in [2.05, 4.69) is 24.2 Å². The van der Waals surface area contributed by atoms with Crippen molar-refractivity contribution < 1.29 is 0 Å². The Morgan fingerprint density at radius 1 is 1.43 bits per heavy atom. The molecule has 2 N–H and O–H groups in total. The van der Waals surface area contributed by atoms with Gasteiger partial charge in [-0.05, 0) is 5.56 Å². The van der Waals surface area contributed by atoms with E-state index in [0.29, 0.717) is 5.92 Å². The molecule has 0 bridgehead atoms. The lowest BCUT2D eigenvalue weighted by Gasteiger charge is -2.13. The Balaban J connectivity index is 2.01. The summed E-state index contributed by atoms with van der Waals surface area (Å²) >= 11 is 0. The van der Waals surface area contributed by atoms with Crippen LogP contribution in [0.5, 0.6) is 0 Å². The zero-order valence-electron chi connectivity index (χ0n) is 8.35. The normalized spacial score (nSPS) is 21.1. The van der Waals surface area contributed by atoms with E-state index in [1.54, 1.807) is 0 Å². The summed E-state index contributed by atoms with van der Waals surface area (Å²) in [6.07, 6.45) is 0. The predicted molar refractivity (Wildman–Crippen MR) is 57.6 cm³/mol. The Morgan fingerprint density at radius 2 is 2.14 bits per heavy atom. The zero-order valence-corrected chi connectivity index (χ0v) is 8.35. The molecular weight excluding hydrogens is 174 g/mol. The van der Waals surface area contributed by atoms with Crippen LogP contribution in [0.15, 0.2) is 35.4 Å². The Labute approximate surface area is 84.2 Å². The lowest BCUT2D eigenvalue weighted by Crippen LogP contribution is -2.20. The molecule has 0 aliphatic carbocycles. The highest BCUT2D eigenvalue weighted by atomic mass is 15.5. The third kappa shape index (κ3) is 1.87. The van der Waals surface area contributed by atoms with E-state index >= 15 is 0 Å². The van der Waals surface area contributed by atoms with Crippen molar-refractivity contribution >= 4 is 5.84 Å². The number of hydrazone groups is 1. The van der Waals surface area contributed by atoms with E-state index in [1.165, 1.54) is 5.56 Å². The predicted octanol–water partition coefficient (Wildman–Crippen LogP) is 1.41. The van der Waals surface area contributed by atoms with Crippen LogP contribution in [0.1, 0.15) is 12.5 Å². The first kappa shape index (κ1) is 9.06. The van der Waals surface area contributed by atoms with E-state index in [1.807, 2.05) is 23.2 Å². The van der Waals surface area contributed by atoms with Gasteiger partial charge in [0.15, 0.2) is 0 Å². The molecule has 1 aromatic rings. The van der Waals surface area contributed by atoms with Gasteiger partial charge >= 0.3 is 0 Å². The molecule has 1 aliphatic rings. The number of rotatable bonds is 2. The molecule has 0 radical (unpaired) electrons. The summed E-state index contributed by atoms with van der Waals surface area (Å²) < 4.78 is 0. The Bertz CT molecular complexity index is 332. The highest BCUT2D eigenvalue weighted by molar-refractivity contribution is 5.83. The molecule has 0 aromatic heterocycles. The minimum Gasteiger partial charge on any atom is -0.385 e. The largest absolute Gasteiger partial charge is 0.385 e. The molecular formula is C11H15N3. The van der Waals surface area contributed by atoms with Gasteiger partial charge in [0.05, 0.1) is 6.54 Å². The quantitative estimate of drug-likeness (QED) is 0.764. The van der Waals surface area contributed by atoms with Gasteiger partial charge in [-0.15, -0.1) is 0 Å². The molecule has 0 spiro atoms. The van der Waals surface area contributed by atoms with Gasteiger partial charge in [0.25, 0.3) is 0 Å². The zero-order chi connectivity index (χ0) is 9.97. The van der Waals surface area contributed by atoms with Crippen molar-refractivity contribution in [1.29, 1.82) is 0 Å². The van der Waals surface area contributed by atoms with Crippen LogP contribution in [0.4, 0.5) is 0 Å². The summed E-state index contributed by atoms with van der Waals surface area (Å²) in [4.78, 5) is 0. The fraction of sp³-hybridized carbons (Fsp3) is 0.364. The molecule has 1 heterocycles. The third-order valence-electron chi connectivity index (χ3n) is 2.45. The minimum absolute atomic E-state index is 0.388. The van der Waals surface area contributed by atoms with Crippen LogP contribution in [-0.4, -0.2) is 17.4 Å². The summed E-state index contributed by atoms with van der Waals surface area (Å²) in [5, 5.41) is 6.32. The number of hydrogen-bond donors (Lipinski definition) is 1. The van der Waals surface area contributed by atoms with Crippen LogP contribution in [0, 0.1) is 5.92 Å². The number of hydrogen-bond acceptors (Lipinski definition) is 3. The van der Waals surface area contributed by atoms with Gasteiger partial charge < -0.3 is 5.73 Å². The standard InChI is InChI=1S/C11H15N3/c1-9-7-14(13-11(9)12)8-10-5-3-2-4-6-10/h2-6,9H,7-8H2,1H3,(H2,12,13). The molecule has 0 fully saturated rings. The molecule has 1 unspecified atom stereocenters. The molecule has 0 saturated carbocycles. The van der Waals surface area contributed by atoms with Crippen LogP contribution in [0.25, 0.3) is 0 Å². The van der Waals surface area contributed by atoms with Crippen LogP contribution in [0.3, 0.4) is 0 Å². The first-order valence-electron chi connectivity index (χ1n) is 4.88. The first-order chi connectivity index (χ1) is 6.75. The highest BCUT2D eigenvalue weighted by Crippen LogP contribution is 2.13. The Hall–Kier alpha value is -1.51. The molecule has 14 heavy (non-hydrogen) atoms. The molecule has 3 heteroatoms. The summed E-state index contributed by atoms with van der Waals surface area (Å²) in [5.74, 6) is 1.14. The SMILES string of the molecule is CC1CN(Cc2ccccc2)N=C1N. The fourth-order valence-corrected chi connectivity index (χ4v) is 1.61. The lowest BCUT2D eigenvalue weighted by atomic mass is 10.1. The second kappa shape index (κ2) is 3.70. The molecule has 3 nitrogen and oxygen atoms in total. The topological polar surface area (TPSA) is 41.6 Å². The van der Waals surface area contributed by atoms with Gasteiger partial charge in [-0.3, -0.25) is 5.01 Å². The highest BCUT2D eigenvalue weighted by Gasteiger charge is 2.19. The van der Waals surface area contributed by atoms with Gasteiger partial charge in [-0.2, -0.15) is 5.10 Å². The van der Waals surface area contributed by atoms with Crippen molar-refractivity contribution in [3.05, 3.63) is 35.9 Å². The van der Waals surface area contributed by atoms with Crippen LogP contribution in [-0.2, 0) is 6.54 Å². The number of amidine groups is 1. The van der Waals surface area contributed by atoms with Crippen molar-refractivity contribution in [3.63, 3.8) is 0 Å². The van der Waals surface area contributed by atoms with Gasteiger partial charge in [0.2, 0.25) is 0 Å². The monoisotopic (exact) mass is 189 g/mol. The molecule has 2 rings (SSSR count). The second-order valence-electron chi connectivity index (χ2n) is 3.76. The molecule has 74 valence electrons. The van der Waals surface area contributed by atoms with E-state index in [0.717, 1.165) is 18.9 Å². The number of nitrogens with two attached hydrogens (primary N) is 1. The van der Waals surface area contributed by atoms with E-state index in [9.17, 15) is 0 Å².